The van der Waals surface area contributed by atoms with Crippen molar-refractivity contribution < 1.29 is 19.5 Å². The number of hydrogen-bond donors (Lipinski definition) is 1. The Morgan fingerprint density at radius 1 is 0.935 bits per heavy atom. The van der Waals surface area contributed by atoms with Crippen LogP contribution in [-0.4, -0.2) is 33.9 Å². The van der Waals surface area contributed by atoms with Crippen LogP contribution in [0.4, 0.5) is 5.69 Å². The number of nitrogens with zero attached hydrogens (tertiary/aromatic N) is 1. The third-order valence-electron chi connectivity index (χ3n) is 5.75. The number of unbranched alkanes of at least 4 members (excludes halogenated alkanes) is 7. The molecule has 0 unspecified atom stereocenters. The number of aryl methyl sites for hydroxylation is 2. The maximum atomic E-state index is 13.0. The maximum Gasteiger partial charge on any atom is 0.326 e. The first-order valence-electron chi connectivity index (χ1n) is 11.5. The van der Waals surface area contributed by atoms with Crippen molar-refractivity contribution in [3.05, 3.63) is 28.8 Å². The number of benzene rings is 1. The highest BCUT2D eigenvalue weighted by Gasteiger charge is 2.30. The van der Waals surface area contributed by atoms with Gasteiger partial charge in [-0.1, -0.05) is 75.8 Å². The van der Waals surface area contributed by atoms with Gasteiger partial charge in [-0.2, -0.15) is 0 Å². The fraction of sp³-hybridized carbons (Fsp3) is 0.640. The first kappa shape index (κ1) is 27.2. The number of carboxylic acid groups (broad SMARTS) is 1. The van der Waals surface area contributed by atoms with Crippen LogP contribution in [0.2, 0.25) is 0 Å². The molecule has 5 nitrogen and oxygen atoms in total. The molecule has 0 aliphatic heterocycles. The van der Waals surface area contributed by atoms with Gasteiger partial charge in [-0.15, -0.1) is 0 Å². The van der Waals surface area contributed by atoms with Gasteiger partial charge in [0.2, 0.25) is 5.91 Å². The van der Waals surface area contributed by atoms with E-state index < -0.39 is 12.0 Å². The Bertz CT molecular complexity index is 747. The van der Waals surface area contributed by atoms with E-state index in [0.29, 0.717) is 12.1 Å². The van der Waals surface area contributed by atoms with Crippen LogP contribution in [0.1, 0.15) is 88.3 Å². The van der Waals surface area contributed by atoms with Crippen LogP contribution in [0.15, 0.2) is 12.1 Å². The third kappa shape index (κ3) is 9.06. The number of thioether (sulfide) groups is 1. The lowest BCUT2D eigenvalue weighted by molar-refractivity contribution is -0.139. The van der Waals surface area contributed by atoms with E-state index in [2.05, 4.69) is 6.92 Å². The summed E-state index contributed by atoms with van der Waals surface area (Å²) < 4.78 is 0. The average molecular weight is 450 g/mol. The van der Waals surface area contributed by atoms with Gasteiger partial charge in [0.05, 0.1) is 11.4 Å². The van der Waals surface area contributed by atoms with Gasteiger partial charge in [0, 0.05) is 6.42 Å². The molecule has 1 aromatic carbocycles. The summed E-state index contributed by atoms with van der Waals surface area (Å²) in [6, 6.07) is 2.85. The summed E-state index contributed by atoms with van der Waals surface area (Å²) in [7, 11) is 0. The molecule has 0 aliphatic carbocycles. The van der Waals surface area contributed by atoms with Gasteiger partial charge in [-0.3, -0.25) is 14.5 Å². The van der Waals surface area contributed by atoms with Crippen molar-refractivity contribution in [1.82, 2.24) is 0 Å². The Balaban J connectivity index is 2.62. The molecule has 174 valence electrons. The van der Waals surface area contributed by atoms with E-state index >= 15 is 0 Å². The number of carbonyl (C=O) groups is 3. The molecule has 1 N–H and O–H groups in total. The molecular formula is C25H39NO4S. The van der Waals surface area contributed by atoms with E-state index in [-0.39, 0.29) is 16.8 Å². The molecule has 0 bridgehead atoms. The lowest BCUT2D eigenvalue weighted by Crippen LogP contribution is -2.45. The summed E-state index contributed by atoms with van der Waals surface area (Å²) in [5.41, 5.74) is 3.36. The van der Waals surface area contributed by atoms with Gasteiger partial charge >= 0.3 is 5.97 Å². The zero-order valence-corrected chi connectivity index (χ0v) is 20.6. The average Bonchev–Trinajstić information content (AvgIpc) is 2.73. The molecule has 1 amide bonds. The molecule has 6 heteroatoms. The number of hydrogen-bond acceptors (Lipinski definition) is 4. The smallest absolute Gasteiger partial charge is 0.326 e. The van der Waals surface area contributed by atoms with Gasteiger partial charge in [0.1, 0.15) is 6.04 Å². The van der Waals surface area contributed by atoms with Crippen LogP contribution < -0.4 is 4.90 Å². The monoisotopic (exact) mass is 449 g/mol. The number of amides is 1. The zero-order chi connectivity index (χ0) is 23.4. The van der Waals surface area contributed by atoms with Gasteiger partial charge < -0.3 is 5.11 Å². The molecule has 0 fully saturated rings. The highest BCUT2D eigenvalue weighted by Crippen LogP contribution is 2.30. The molecule has 0 aliphatic rings. The zero-order valence-electron chi connectivity index (χ0n) is 19.8. The van der Waals surface area contributed by atoms with Gasteiger partial charge in [-0.25, -0.2) is 4.79 Å². The van der Waals surface area contributed by atoms with Crippen molar-refractivity contribution in [3.8, 4) is 0 Å². The lowest BCUT2D eigenvalue weighted by atomic mass is 10.0. The summed E-state index contributed by atoms with van der Waals surface area (Å²) in [5.74, 6) is -1.45. The van der Waals surface area contributed by atoms with Crippen molar-refractivity contribution >= 4 is 34.4 Å². The van der Waals surface area contributed by atoms with Crippen LogP contribution >= 0.6 is 11.8 Å². The molecule has 0 radical (unpaired) electrons. The molecule has 1 rings (SSSR count). The predicted molar refractivity (Wildman–Crippen MR) is 130 cm³/mol. The molecule has 0 heterocycles. The van der Waals surface area contributed by atoms with Crippen molar-refractivity contribution in [2.24, 2.45) is 0 Å². The van der Waals surface area contributed by atoms with E-state index in [1.54, 1.807) is 0 Å². The molecule has 1 atom stereocenters. The Morgan fingerprint density at radius 2 is 1.48 bits per heavy atom. The Hall–Kier alpha value is -1.82. The van der Waals surface area contributed by atoms with E-state index in [9.17, 15) is 19.5 Å². The molecule has 0 aromatic heterocycles. The first-order valence-corrected chi connectivity index (χ1v) is 12.5. The first-order chi connectivity index (χ1) is 14.7. The Labute approximate surface area is 192 Å². The third-order valence-corrected chi connectivity index (χ3v) is 6.67. The minimum Gasteiger partial charge on any atom is -0.480 e. The van der Waals surface area contributed by atoms with E-state index in [1.807, 2.05) is 32.9 Å². The van der Waals surface area contributed by atoms with Crippen molar-refractivity contribution in [2.45, 2.75) is 98.4 Å². The van der Waals surface area contributed by atoms with Crippen molar-refractivity contribution in [3.63, 3.8) is 0 Å². The maximum absolute atomic E-state index is 13.0. The van der Waals surface area contributed by atoms with E-state index in [4.69, 9.17) is 0 Å². The summed E-state index contributed by atoms with van der Waals surface area (Å²) in [6.45, 7) is 9.42. The van der Waals surface area contributed by atoms with E-state index in [1.165, 1.54) is 43.9 Å². The van der Waals surface area contributed by atoms with Crippen LogP contribution in [0, 0.1) is 20.8 Å². The minimum absolute atomic E-state index is 0.0000489. The summed E-state index contributed by atoms with van der Waals surface area (Å²) in [4.78, 5) is 38.3. The largest absolute Gasteiger partial charge is 0.480 e. The predicted octanol–water partition coefficient (Wildman–Crippen LogP) is 6.21. The molecule has 0 saturated heterocycles. The second-order valence-electron chi connectivity index (χ2n) is 8.34. The summed E-state index contributed by atoms with van der Waals surface area (Å²) in [5, 5.41) is 9.56. The molecule has 0 spiro atoms. The SMILES string of the molecule is CCCCCCCCCCC(=O)SCC(=O)N(c1c(C)ccc(C)c1C)[C@@H](C)C(=O)O. The fourth-order valence-corrected chi connectivity index (χ4v) is 4.35. The lowest BCUT2D eigenvalue weighted by Gasteiger charge is -2.30. The van der Waals surface area contributed by atoms with Crippen LogP contribution in [0.3, 0.4) is 0 Å². The molecular weight excluding hydrogens is 410 g/mol. The summed E-state index contributed by atoms with van der Waals surface area (Å²) >= 11 is 1.00. The number of anilines is 1. The number of carbonyl (C=O) groups excluding carboxylic acids is 2. The highest BCUT2D eigenvalue weighted by atomic mass is 32.2. The quantitative estimate of drug-likeness (QED) is 0.342. The number of rotatable bonds is 14. The van der Waals surface area contributed by atoms with E-state index in [0.717, 1.165) is 47.7 Å². The van der Waals surface area contributed by atoms with Crippen LogP contribution in [0.25, 0.3) is 0 Å². The second kappa shape index (κ2) is 14.3. The highest BCUT2D eigenvalue weighted by molar-refractivity contribution is 8.14. The Morgan fingerprint density at radius 3 is 2.06 bits per heavy atom. The Kier molecular flexibility index (Phi) is 12.5. The van der Waals surface area contributed by atoms with Gasteiger partial charge in [-0.05, 0) is 50.8 Å². The fourth-order valence-electron chi connectivity index (χ4n) is 3.64. The topological polar surface area (TPSA) is 74.7 Å². The van der Waals surface area contributed by atoms with Crippen molar-refractivity contribution in [1.29, 1.82) is 0 Å². The van der Waals surface area contributed by atoms with Gasteiger partial charge in [0.25, 0.3) is 0 Å². The van der Waals surface area contributed by atoms with Crippen LogP contribution in [0.5, 0.6) is 0 Å². The second-order valence-corrected chi connectivity index (χ2v) is 9.37. The number of carboxylic acids is 1. The minimum atomic E-state index is -1.07. The van der Waals surface area contributed by atoms with Crippen LogP contribution in [-0.2, 0) is 14.4 Å². The van der Waals surface area contributed by atoms with Gasteiger partial charge in [0.15, 0.2) is 5.12 Å². The molecule has 1 aromatic rings. The molecule has 0 saturated carbocycles. The summed E-state index contributed by atoms with van der Waals surface area (Å²) in [6.07, 6.45) is 9.81. The molecule has 31 heavy (non-hydrogen) atoms. The normalized spacial score (nSPS) is 11.9. The number of aliphatic carboxylic acids is 1. The van der Waals surface area contributed by atoms with Crippen molar-refractivity contribution in [2.75, 3.05) is 10.7 Å². The standard InChI is InChI=1S/C25H39NO4S/c1-6-7-8-9-10-11-12-13-14-23(28)31-17-22(27)26(21(5)25(29)30)24-19(3)16-15-18(2)20(24)4/h15-16,21H,6-14,17H2,1-5H3,(H,29,30)/t21-/m0/s1.